The van der Waals surface area contributed by atoms with E-state index in [1.54, 1.807) is 36.4 Å². The second kappa shape index (κ2) is 5.76. The van der Waals surface area contributed by atoms with Crippen LogP contribution in [0.15, 0.2) is 40.9 Å². The monoisotopic (exact) mass is 338 g/mol. The van der Waals surface area contributed by atoms with Crippen LogP contribution in [-0.4, -0.2) is 10.9 Å². The van der Waals surface area contributed by atoms with Crippen LogP contribution in [0.4, 0.5) is 0 Å². The van der Waals surface area contributed by atoms with E-state index in [-0.39, 0.29) is 11.5 Å². The minimum absolute atomic E-state index is 0.152. The van der Waals surface area contributed by atoms with E-state index in [4.69, 9.17) is 11.6 Å². The number of hydrogen-bond donors (Lipinski definition) is 1. The van der Waals surface area contributed by atoms with E-state index in [9.17, 15) is 9.90 Å². The number of carbonyl (C=O) groups excluding carboxylic acids is 1. The SMILES string of the molecule is CCc1cc(C(=O)c2ccccc2Cl)cc(Br)c1O. The molecular formula is C15H12BrClO2. The van der Waals surface area contributed by atoms with Crippen molar-refractivity contribution in [3.63, 3.8) is 0 Å². The first-order chi connectivity index (χ1) is 9.04. The second-order valence-electron chi connectivity index (χ2n) is 4.13. The van der Waals surface area contributed by atoms with Crippen molar-refractivity contribution in [2.75, 3.05) is 0 Å². The minimum Gasteiger partial charge on any atom is -0.506 e. The molecule has 0 unspecified atom stereocenters. The molecule has 0 aliphatic rings. The Morgan fingerprint density at radius 3 is 2.63 bits per heavy atom. The molecule has 0 spiro atoms. The molecule has 0 saturated heterocycles. The molecule has 2 aromatic carbocycles. The summed E-state index contributed by atoms with van der Waals surface area (Å²) in [5.41, 5.74) is 1.70. The van der Waals surface area contributed by atoms with Gasteiger partial charge >= 0.3 is 0 Å². The zero-order valence-electron chi connectivity index (χ0n) is 10.3. The molecule has 0 aromatic heterocycles. The molecule has 2 aromatic rings. The summed E-state index contributed by atoms with van der Waals surface area (Å²) in [6, 6.07) is 10.2. The van der Waals surface area contributed by atoms with Gasteiger partial charge in [-0.1, -0.05) is 30.7 Å². The Morgan fingerprint density at radius 1 is 1.32 bits per heavy atom. The maximum absolute atomic E-state index is 12.4. The fraction of sp³-hybridized carbons (Fsp3) is 0.133. The lowest BCUT2D eigenvalue weighted by Gasteiger charge is -2.09. The predicted octanol–water partition coefficient (Wildman–Crippen LogP) is 4.60. The summed E-state index contributed by atoms with van der Waals surface area (Å²) >= 11 is 9.29. The van der Waals surface area contributed by atoms with E-state index in [0.29, 0.717) is 27.0 Å². The van der Waals surface area contributed by atoms with Gasteiger partial charge < -0.3 is 5.11 Å². The van der Waals surface area contributed by atoms with Crippen molar-refractivity contribution < 1.29 is 9.90 Å². The molecule has 0 fully saturated rings. The molecule has 2 nitrogen and oxygen atoms in total. The Labute approximate surface area is 125 Å². The first-order valence-electron chi connectivity index (χ1n) is 5.85. The average molecular weight is 340 g/mol. The quantitative estimate of drug-likeness (QED) is 0.830. The van der Waals surface area contributed by atoms with Crippen LogP contribution in [-0.2, 0) is 6.42 Å². The molecule has 4 heteroatoms. The van der Waals surface area contributed by atoms with Gasteiger partial charge in [0.25, 0.3) is 0 Å². The van der Waals surface area contributed by atoms with Gasteiger partial charge in [-0.05, 0) is 52.2 Å². The smallest absolute Gasteiger partial charge is 0.194 e. The molecule has 0 radical (unpaired) electrons. The van der Waals surface area contributed by atoms with Gasteiger partial charge in [-0.3, -0.25) is 4.79 Å². The van der Waals surface area contributed by atoms with Crippen LogP contribution >= 0.6 is 27.5 Å². The molecule has 0 saturated carbocycles. The van der Waals surface area contributed by atoms with Crippen LogP contribution in [0.25, 0.3) is 0 Å². The van der Waals surface area contributed by atoms with E-state index < -0.39 is 0 Å². The van der Waals surface area contributed by atoms with Crippen molar-refractivity contribution in [3.8, 4) is 5.75 Å². The van der Waals surface area contributed by atoms with Gasteiger partial charge in [0.1, 0.15) is 5.75 Å². The first-order valence-corrected chi connectivity index (χ1v) is 7.02. The van der Waals surface area contributed by atoms with E-state index >= 15 is 0 Å². The summed E-state index contributed by atoms with van der Waals surface area (Å²) in [5.74, 6) is 0.0270. The van der Waals surface area contributed by atoms with Crippen molar-refractivity contribution in [3.05, 3.63) is 62.6 Å². The van der Waals surface area contributed by atoms with Crippen LogP contribution in [0.5, 0.6) is 5.75 Å². The standard InChI is InChI=1S/C15H12BrClO2/c1-2-9-7-10(8-12(16)15(9)19)14(18)11-5-3-4-6-13(11)17/h3-8,19H,2H2,1H3. The number of carbonyl (C=O) groups is 1. The average Bonchev–Trinajstić information content (AvgIpc) is 2.41. The van der Waals surface area contributed by atoms with Gasteiger partial charge in [-0.15, -0.1) is 0 Å². The Bertz CT molecular complexity index is 638. The van der Waals surface area contributed by atoms with Crippen molar-refractivity contribution in [1.29, 1.82) is 0 Å². The van der Waals surface area contributed by atoms with Crippen LogP contribution in [0.3, 0.4) is 0 Å². The lowest BCUT2D eigenvalue weighted by atomic mass is 10.00. The van der Waals surface area contributed by atoms with Crippen LogP contribution < -0.4 is 0 Å². The van der Waals surface area contributed by atoms with E-state index in [0.717, 1.165) is 5.56 Å². The summed E-state index contributed by atoms with van der Waals surface area (Å²) in [4.78, 5) is 12.4. The predicted molar refractivity (Wildman–Crippen MR) is 80.1 cm³/mol. The van der Waals surface area contributed by atoms with Gasteiger partial charge in [-0.25, -0.2) is 0 Å². The Morgan fingerprint density at radius 2 is 2.00 bits per heavy atom. The summed E-state index contributed by atoms with van der Waals surface area (Å²) in [6.45, 7) is 1.92. The topological polar surface area (TPSA) is 37.3 Å². The van der Waals surface area contributed by atoms with Gasteiger partial charge in [0.05, 0.1) is 9.50 Å². The summed E-state index contributed by atoms with van der Waals surface area (Å²) < 4.78 is 0.516. The third kappa shape index (κ3) is 2.82. The highest BCUT2D eigenvalue weighted by molar-refractivity contribution is 9.10. The summed E-state index contributed by atoms with van der Waals surface area (Å²) in [6.07, 6.45) is 0.647. The van der Waals surface area contributed by atoms with Crippen molar-refractivity contribution in [1.82, 2.24) is 0 Å². The fourth-order valence-electron chi connectivity index (χ4n) is 1.86. The molecule has 1 N–H and O–H groups in total. The van der Waals surface area contributed by atoms with Crippen molar-refractivity contribution >= 4 is 33.3 Å². The molecule has 0 aliphatic heterocycles. The lowest BCUT2D eigenvalue weighted by molar-refractivity contribution is 0.103. The Hall–Kier alpha value is -1.32. The molecule has 0 bridgehead atoms. The zero-order chi connectivity index (χ0) is 14.0. The van der Waals surface area contributed by atoms with Gasteiger partial charge in [0, 0.05) is 11.1 Å². The highest BCUT2D eigenvalue weighted by Gasteiger charge is 2.15. The number of phenolic OH excluding ortho intramolecular Hbond substituents is 1. The fourth-order valence-corrected chi connectivity index (χ4v) is 2.58. The summed E-state index contributed by atoms with van der Waals surface area (Å²) in [5, 5.41) is 10.3. The van der Waals surface area contributed by atoms with E-state index in [1.807, 2.05) is 6.92 Å². The Balaban J connectivity index is 2.51. The number of aryl methyl sites for hydroxylation is 1. The number of phenols is 1. The first kappa shape index (κ1) is 14.1. The Kier molecular flexibility index (Phi) is 4.27. The van der Waals surface area contributed by atoms with Crippen LogP contribution in [0.1, 0.15) is 28.4 Å². The lowest BCUT2D eigenvalue weighted by Crippen LogP contribution is -2.03. The number of aromatic hydroxyl groups is 1. The van der Waals surface area contributed by atoms with E-state index in [2.05, 4.69) is 15.9 Å². The molecule has 19 heavy (non-hydrogen) atoms. The maximum atomic E-state index is 12.4. The number of benzene rings is 2. The van der Waals surface area contributed by atoms with Gasteiger partial charge in [-0.2, -0.15) is 0 Å². The van der Waals surface area contributed by atoms with Crippen molar-refractivity contribution in [2.45, 2.75) is 13.3 Å². The van der Waals surface area contributed by atoms with Crippen LogP contribution in [0, 0.1) is 0 Å². The van der Waals surface area contributed by atoms with Crippen molar-refractivity contribution in [2.24, 2.45) is 0 Å². The highest BCUT2D eigenvalue weighted by atomic mass is 79.9. The number of halogens is 2. The molecule has 0 aliphatic carbocycles. The third-order valence-electron chi connectivity index (χ3n) is 2.90. The molecule has 2 rings (SSSR count). The van der Waals surface area contributed by atoms with Gasteiger partial charge in [0.2, 0.25) is 0 Å². The zero-order valence-corrected chi connectivity index (χ0v) is 12.6. The molecule has 98 valence electrons. The highest BCUT2D eigenvalue weighted by Crippen LogP contribution is 2.31. The van der Waals surface area contributed by atoms with E-state index in [1.165, 1.54) is 0 Å². The molecule has 0 amide bonds. The largest absolute Gasteiger partial charge is 0.506 e. The molecule has 0 heterocycles. The molecule has 0 atom stereocenters. The number of ketones is 1. The summed E-state index contributed by atoms with van der Waals surface area (Å²) in [7, 11) is 0. The molecular weight excluding hydrogens is 328 g/mol. The minimum atomic E-state index is -0.152. The maximum Gasteiger partial charge on any atom is 0.194 e. The normalized spacial score (nSPS) is 10.5. The number of hydrogen-bond acceptors (Lipinski definition) is 2. The van der Waals surface area contributed by atoms with Gasteiger partial charge in [0.15, 0.2) is 5.78 Å². The second-order valence-corrected chi connectivity index (χ2v) is 5.39. The number of rotatable bonds is 3. The van der Waals surface area contributed by atoms with Crippen LogP contribution in [0.2, 0.25) is 5.02 Å². The third-order valence-corrected chi connectivity index (χ3v) is 3.84.